The third kappa shape index (κ3) is 5.37. The minimum Gasteiger partial charge on any atom is -0.495 e. The largest absolute Gasteiger partial charge is 0.495 e. The van der Waals surface area contributed by atoms with Crippen molar-refractivity contribution in [3.63, 3.8) is 0 Å². The van der Waals surface area contributed by atoms with Crippen LogP contribution in [0, 0.1) is 5.92 Å². The summed E-state index contributed by atoms with van der Waals surface area (Å²) in [5.74, 6) is 1.29. The molecule has 7 heteroatoms. The van der Waals surface area contributed by atoms with Crippen molar-refractivity contribution in [3.05, 3.63) is 24.3 Å². The Bertz CT molecular complexity index is 772. The Hall–Kier alpha value is -2.28. The van der Waals surface area contributed by atoms with Crippen LogP contribution >= 0.6 is 0 Å². The topological polar surface area (TPSA) is 65.1 Å². The van der Waals surface area contributed by atoms with Gasteiger partial charge in [-0.1, -0.05) is 31.4 Å². The van der Waals surface area contributed by atoms with E-state index >= 15 is 0 Å². The number of carbonyl (C=O) groups is 2. The smallest absolute Gasteiger partial charge is 0.242 e. The van der Waals surface area contributed by atoms with E-state index in [1.165, 1.54) is 6.42 Å². The van der Waals surface area contributed by atoms with Gasteiger partial charge in [0.1, 0.15) is 11.8 Å². The first kappa shape index (κ1) is 22.9. The van der Waals surface area contributed by atoms with Gasteiger partial charge in [0, 0.05) is 51.7 Å². The summed E-state index contributed by atoms with van der Waals surface area (Å²) in [6, 6.07) is 7.88. The van der Waals surface area contributed by atoms with Crippen molar-refractivity contribution in [1.29, 1.82) is 0 Å². The van der Waals surface area contributed by atoms with Crippen molar-refractivity contribution in [1.82, 2.24) is 15.1 Å². The zero-order valence-electron chi connectivity index (χ0n) is 19.4. The minimum atomic E-state index is -0.271. The summed E-state index contributed by atoms with van der Waals surface area (Å²) in [4.78, 5) is 32.4. The lowest BCUT2D eigenvalue weighted by molar-refractivity contribution is -0.142. The van der Waals surface area contributed by atoms with E-state index in [1.807, 2.05) is 23.1 Å². The van der Waals surface area contributed by atoms with E-state index in [9.17, 15) is 9.59 Å². The van der Waals surface area contributed by atoms with Gasteiger partial charge in [-0.3, -0.25) is 14.5 Å². The van der Waals surface area contributed by atoms with E-state index in [0.29, 0.717) is 6.54 Å². The van der Waals surface area contributed by atoms with Crippen molar-refractivity contribution in [2.75, 3.05) is 57.8 Å². The second-order valence-electron chi connectivity index (χ2n) is 9.32. The molecule has 2 saturated heterocycles. The van der Waals surface area contributed by atoms with Crippen LogP contribution in [-0.2, 0) is 9.59 Å². The number of rotatable bonds is 7. The van der Waals surface area contributed by atoms with Crippen LogP contribution in [0.25, 0.3) is 0 Å². The molecule has 1 aromatic rings. The minimum absolute atomic E-state index is 0.0271. The summed E-state index contributed by atoms with van der Waals surface area (Å²) >= 11 is 0. The molecule has 0 bridgehead atoms. The maximum absolute atomic E-state index is 13.0. The van der Waals surface area contributed by atoms with Gasteiger partial charge in [0.2, 0.25) is 11.8 Å². The van der Waals surface area contributed by atoms with Gasteiger partial charge >= 0.3 is 0 Å². The lowest BCUT2D eigenvalue weighted by Gasteiger charge is -2.36. The lowest BCUT2D eigenvalue weighted by Crippen LogP contribution is -2.51. The van der Waals surface area contributed by atoms with Gasteiger partial charge in [-0.25, -0.2) is 0 Å². The fraction of sp³-hybridized carbons (Fsp3) is 0.680. The first-order valence-electron chi connectivity index (χ1n) is 12.4. The Labute approximate surface area is 192 Å². The van der Waals surface area contributed by atoms with Crippen LogP contribution < -0.4 is 15.0 Å². The number of piperazine rings is 1. The van der Waals surface area contributed by atoms with Crippen LogP contribution in [0.4, 0.5) is 5.69 Å². The zero-order valence-corrected chi connectivity index (χ0v) is 19.4. The molecule has 1 aliphatic carbocycles. The molecule has 2 aliphatic heterocycles. The second-order valence-corrected chi connectivity index (χ2v) is 9.32. The average Bonchev–Trinajstić information content (AvgIpc) is 3.34. The predicted molar refractivity (Wildman–Crippen MR) is 126 cm³/mol. The first-order chi connectivity index (χ1) is 15.7. The number of amides is 2. The number of benzene rings is 1. The Morgan fingerprint density at radius 3 is 2.47 bits per heavy atom. The highest BCUT2D eigenvalue weighted by molar-refractivity contribution is 5.89. The highest BCUT2D eigenvalue weighted by Gasteiger charge is 2.37. The van der Waals surface area contributed by atoms with Crippen molar-refractivity contribution < 1.29 is 14.3 Å². The quantitative estimate of drug-likeness (QED) is 0.703. The van der Waals surface area contributed by atoms with E-state index in [4.69, 9.17) is 4.74 Å². The lowest BCUT2D eigenvalue weighted by atomic mass is 9.88. The van der Waals surface area contributed by atoms with Gasteiger partial charge in [-0.15, -0.1) is 0 Å². The summed E-state index contributed by atoms with van der Waals surface area (Å²) in [7, 11) is 1.71. The molecular weight excluding hydrogens is 404 g/mol. The fourth-order valence-corrected chi connectivity index (χ4v) is 5.45. The van der Waals surface area contributed by atoms with Crippen molar-refractivity contribution >= 4 is 17.5 Å². The van der Waals surface area contributed by atoms with Gasteiger partial charge in [0.25, 0.3) is 0 Å². The van der Waals surface area contributed by atoms with Gasteiger partial charge in [0.05, 0.1) is 12.8 Å². The van der Waals surface area contributed by atoms with Crippen molar-refractivity contribution in [3.8, 4) is 5.75 Å². The standard InChI is InChI=1S/C25H38N4O3/c1-32-23-12-6-5-10-21(23)28-18-16-27(17-19-28)15-13-26-24(30)22-11-7-14-29(22)25(31)20-8-3-2-4-9-20/h5-6,10,12,20,22H,2-4,7-9,11,13-19H2,1H3,(H,26,30)/t22-/m0/s1. The summed E-state index contributed by atoms with van der Waals surface area (Å²) in [6.45, 7) is 6.02. The molecular formula is C25H38N4O3. The molecule has 3 aliphatic rings. The number of anilines is 1. The fourth-order valence-electron chi connectivity index (χ4n) is 5.45. The van der Waals surface area contributed by atoms with Gasteiger partial charge in [0.15, 0.2) is 0 Å². The third-order valence-electron chi connectivity index (χ3n) is 7.32. The normalized spacial score (nSPS) is 22.7. The zero-order chi connectivity index (χ0) is 22.3. The molecule has 1 aromatic carbocycles. The van der Waals surface area contributed by atoms with E-state index in [2.05, 4.69) is 21.2 Å². The summed E-state index contributed by atoms with van der Waals surface area (Å²) < 4.78 is 5.50. The predicted octanol–water partition coefficient (Wildman–Crippen LogP) is 2.50. The van der Waals surface area contributed by atoms with Crippen molar-refractivity contribution in [2.24, 2.45) is 5.92 Å². The second kappa shape index (κ2) is 11.0. The number of hydrogen-bond donors (Lipinski definition) is 1. The van der Waals surface area contributed by atoms with E-state index in [-0.39, 0.29) is 23.8 Å². The molecule has 2 amide bonds. The number of nitrogens with zero attached hydrogens (tertiary/aromatic N) is 3. The number of ether oxygens (including phenoxy) is 1. The maximum Gasteiger partial charge on any atom is 0.242 e. The van der Waals surface area contributed by atoms with E-state index in [0.717, 1.165) is 89.2 Å². The maximum atomic E-state index is 13.0. The highest BCUT2D eigenvalue weighted by atomic mass is 16.5. The number of para-hydroxylation sites is 2. The molecule has 3 fully saturated rings. The number of nitrogens with one attached hydrogen (secondary N) is 1. The van der Waals surface area contributed by atoms with Gasteiger partial charge in [-0.05, 0) is 37.8 Å². The number of methoxy groups -OCH3 is 1. The third-order valence-corrected chi connectivity index (χ3v) is 7.32. The van der Waals surface area contributed by atoms with Crippen LogP contribution in [0.5, 0.6) is 5.75 Å². The first-order valence-corrected chi connectivity index (χ1v) is 12.4. The molecule has 0 spiro atoms. The summed E-state index contributed by atoms with van der Waals surface area (Å²) in [5, 5.41) is 3.11. The molecule has 4 rings (SSSR count). The molecule has 176 valence electrons. The van der Waals surface area contributed by atoms with Crippen LogP contribution in [0.1, 0.15) is 44.9 Å². The van der Waals surface area contributed by atoms with E-state index in [1.54, 1.807) is 7.11 Å². The Morgan fingerprint density at radius 1 is 0.969 bits per heavy atom. The van der Waals surface area contributed by atoms with Crippen molar-refractivity contribution in [2.45, 2.75) is 51.0 Å². The van der Waals surface area contributed by atoms with Crippen LogP contribution in [0.3, 0.4) is 0 Å². The van der Waals surface area contributed by atoms with Gasteiger partial charge < -0.3 is 19.9 Å². The molecule has 1 atom stereocenters. The molecule has 1 N–H and O–H groups in total. The highest BCUT2D eigenvalue weighted by Crippen LogP contribution is 2.29. The van der Waals surface area contributed by atoms with Crippen LogP contribution in [0.2, 0.25) is 0 Å². The number of carbonyl (C=O) groups excluding carboxylic acids is 2. The molecule has 2 heterocycles. The molecule has 7 nitrogen and oxygen atoms in total. The molecule has 0 unspecified atom stereocenters. The SMILES string of the molecule is COc1ccccc1N1CCN(CCNC(=O)[C@@H]2CCCN2C(=O)C2CCCCC2)CC1. The Kier molecular flexibility index (Phi) is 7.90. The van der Waals surface area contributed by atoms with E-state index < -0.39 is 0 Å². The number of likely N-dealkylation sites (tertiary alicyclic amines) is 1. The Balaban J connectivity index is 1.20. The van der Waals surface area contributed by atoms with Gasteiger partial charge in [-0.2, -0.15) is 0 Å². The molecule has 32 heavy (non-hydrogen) atoms. The van der Waals surface area contributed by atoms with Crippen LogP contribution in [0.15, 0.2) is 24.3 Å². The monoisotopic (exact) mass is 442 g/mol. The summed E-state index contributed by atoms with van der Waals surface area (Å²) in [6.07, 6.45) is 7.23. The molecule has 0 radical (unpaired) electrons. The average molecular weight is 443 g/mol. The molecule has 0 aromatic heterocycles. The molecule has 1 saturated carbocycles. The van der Waals surface area contributed by atoms with Crippen LogP contribution in [-0.4, -0.2) is 80.6 Å². The Morgan fingerprint density at radius 2 is 1.72 bits per heavy atom. The summed E-state index contributed by atoms with van der Waals surface area (Å²) in [5.41, 5.74) is 1.15. The number of hydrogen-bond acceptors (Lipinski definition) is 5.